The Kier molecular flexibility index (Phi) is 6.50. The minimum Gasteiger partial charge on any atom is -0.310 e. The summed E-state index contributed by atoms with van der Waals surface area (Å²) in [7, 11) is 0. The van der Waals surface area contributed by atoms with Crippen molar-refractivity contribution in [2.45, 2.75) is 24.7 Å². The lowest BCUT2D eigenvalue weighted by Gasteiger charge is -2.32. The van der Waals surface area contributed by atoms with Gasteiger partial charge in [-0.15, -0.1) is 0 Å². The van der Waals surface area contributed by atoms with E-state index in [2.05, 4.69) is 219 Å². The van der Waals surface area contributed by atoms with Crippen molar-refractivity contribution < 1.29 is 0 Å². The van der Waals surface area contributed by atoms with Gasteiger partial charge in [0.25, 0.3) is 0 Å². The van der Waals surface area contributed by atoms with Crippen LogP contribution < -0.4 is 4.90 Å². The number of benzene rings is 10. The van der Waals surface area contributed by atoms with Crippen LogP contribution in [0, 0.1) is 0 Å². The molecule has 0 fully saturated rings. The van der Waals surface area contributed by atoms with Crippen molar-refractivity contribution in [1.82, 2.24) is 0 Å². The highest BCUT2D eigenvalue weighted by Crippen LogP contribution is 2.65. The normalized spacial score (nSPS) is 16.2. The Bertz CT molecular complexity index is 3430. The smallest absolute Gasteiger partial charge is 0.0726 e. The van der Waals surface area contributed by atoms with Crippen LogP contribution in [-0.2, 0) is 10.8 Å². The van der Waals surface area contributed by atoms with Crippen LogP contribution in [0.15, 0.2) is 200 Å². The van der Waals surface area contributed by atoms with Crippen LogP contribution in [0.1, 0.15) is 47.2 Å². The topological polar surface area (TPSA) is 3.24 Å². The highest BCUT2D eigenvalue weighted by atomic mass is 15.1. The van der Waals surface area contributed by atoms with Gasteiger partial charge in [-0.05, 0) is 136 Å². The van der Waals surface area contributed by atoms with Crippen LogP contribution in [0.3, 0.4) is 0 Å². The summed E-state index contributed by atoms with van der Waals surface area (Å²) in [6.45, 7) is 4.75. The largest absolute Gasteiger partial charge is 0.310 e. The first-order valence-corrected chi connectivity index (χ1v) is 20.9. The summed E-state index contributed by atoms with van der Waals surface area (Å²) >= 11 is 0. The maximum absolute atomic E-state index is 2.56. The Hall–Kier alpha value is -7.22. The molecule has 10 aromatic carbocycles. The lowest BCUT2D eigenvalue weighted by atomic mass is 9.70. The molecule has 0 heterocycles. The second kappa shape index (κ2) is 11.7. The first kappa shape index (κ1) is 32.8. The summed E-state index contributed by atoms with van der Waals surface area (Å²) in [6, 6.07) is 75.5. The van der Waals surface area contributed by atoms with E-state index < -0.39 is 5.41 Å². The van der Waals surface area contributed by atoms with E-state index in [1.54, 1.807) is 0 Å². The molecule has 1 unspecified atom stereocenters. The van der Waals surface area contributed by atoms with Gasteiger partial charge in [0.15, 0.2) is 0 Å². The second-order valence-corrected chi connectivity index (χ2v) is 17.1. The molecule has 3 aliphatic rings. The fourth-order valence-electron chi connectivity index (χ4n) is 11.6. The van der Waals surface area contributed by atoms with E-state index in [9.17, 15) is 0 Å². The Morgan fingerprint density at radius 2 is 0.814 bits per heavy atom. The van der Waals surface area contributed by atoms with Gasteiger partial charge >= 0.3 is 0 Å². The fraction of sp³-hybridized carbons (Fsp3) is 0.0690. The molecular formula is C58H39N. The van der Waals surface area contributed by atoms with E-state index >= 15 is 0 Å². The van der Waals surface area contributed by atoms with Crippen LogP contribution in [0.5, 0.6) is 0 Å². The molecule has 13 rings (SSSR count). The summed E-state index contributed by atoms with van der Waals surface area (Å²) in [5, 5.41) is 7.82. The van der Waals surface area contributed by atoms with Crippen LogP contribution in [0.4, 0.5) is 17.1 Å². The maximum Gasteiger partial charge on any atom is 0.0726 e. The lowest BCUT2D eigenvalue weighted by molar-refractivity contribution is 0.660. The molecule has 1 heteroatoms. The zero-order valence-electron chi connectivity index (χ0n) is 33.0. The third-order valence-electron chi connectivity index (χ3n) is 14.0. The third-order valence-corrected chi connectivity index (χ3v) is 14.0. The molecule has 0 radical (unpaired) electrons. The van der Waals surface area contributed by atoms with Gasteiger partial charge in [0.2, 0.25) is 0 Å². The van der Waals surface area contributed by atoms with E-state index in [0.29, 0.717) is 0 Å². The molecule has 0 saturated carbocycles. The molecule has 1 nitrogen and oxygen atoms in total. The molecule has 276 valence electrons. The van der Waals surface area contributed by atoms with E-state index in [0.717, 1.165) is 5.69 Å². The van der Waals surface area contributed by atoms with Gasteiger partial charge in [-0.25, -0.2) is 0 Å². The fourth-order valence-corrected chi connectivity index (χ4v) is 11.6. The second-order valence-electron chi connectivity index (χ2n) is 17.1. The van der Waals surface area contributed by atoms with Crippen LogP contribution in [0.25, 0.3) is 65.7 Å². The van der Waals surface area contributed by atoms with E-state index in [1.165, 1.54) is 110 Å². The van der Waals surface area contributed by atoms with Crippen LogP contribution >= 0.6 is 0 Å². The van der Waals surface area contributed by atoms with E-state index in [-0.39, 0.29) is 5.41 Å². The molecule has 0 saturated heterocycles. The van der Waals surface area contributed by atoms with E-state index in [1.807, 2.05) is 0 Å². The van der Waals surface area contributed by atoms with Crippen molar-refractivity contribution in [3.05, 3.63) is 234 Å². The number of rotatable bonds is 3. The Morgan fingerprint density at radius 3 is 1.51 bits per heavy atom. The Balaban J connectivity index is 1.12. The minimum absolute atomic E-state index is 0.116. The standard InChI is InChI=1S/C58H39N/c1-57(2)49-26-13-10-23-42(49)44-32-31-37(33-53(44)57)59(36-17-4-3-5-18-36)55-30-16-29-52-56(55)45-25-12-15-28-51(45)58(52)50-27-14-11-24-43(50)48-34-46-40-21-8-6-19-38(40)39-20-7-9-22-41(39)47(46)35-54(48)58/h3-35H,1-2H3. The highest BCUT2D eigenvalue weighted by Gasteiger charge is 2.52. The van der Waals surface area contributed by atoms with Gasteiger partial charge in [-0.2, -0.15) is 0 Å². The van der Waals surface area contributed by atoms with Gasteiger partial charge in [0.05, 0.1) is 11.1 Å². The molecule has 10 aromatic rings. The first-order valence-electron chi connectivity index (χ1n) is 20.9. The molecule has 59 heavy (non-hydrogen) atoms. The zero-order valence-corrected chi connectivity index (χ0v) is 33.0. The molecule has 0 amide bonds. The number of fused-ring (bicyclic) bond motifs is 19. The molecular weight excluding hydrogens is 711 g/mol. The molecule has 3 aliphatic carbocycles. The summed E-state index contributed by atoms with van der Waals surface area (Å²) in [6.07, 6.45) is 0. The Morgan fingerprint density at radius 1 is 0.305 bits per heavy atom. The monoisotopic (exact) mass is 749 g/mol. The average Bonchev–Trinajstić information content (AvgIpc) is 3.85. The molecule has 0 bridgehead atoms. The molecule has 0 aliphatic heterocycles. The van der Waals surface area contributed by atoms with Crippen molar-refractivity contribution in [3.63, 3.8) is 0 Å². The SMILES string of the molecule is CC1(C)c2ccccc2-c2ccc(N(c3ccccc3)c3cccc4c3-c3ccccc3C43c4ccccc4-c4cc5c6ccccc6c6ccccc6c5cc43)cc21. The molecule has 1 spiro atoms. The number of para-hydroxylation sites is 1. The number of hydrogen-bond acceptors (Lipinski definition) is 1. The van der Waals surface area contributed by atoms with Crippen molar-refractivity contribution >= 4 is 49.4 Å². The van der Waals surface area contributed by atoms with Gasteiger partial charge in [0, 0.05) is 22.4 Å². The summed E-state index contributed by atoms with van der Waals surface area (Å²) in [4.78, 5) is 2.51. The summed E-state index contributed by atoms with van der Waals surface area (Å²) < 4.78 is 0. The van der Waals surface area contributed by atoms with Crippen LogP contribution in [0.2, 0.25) is 0 Å². The highest BCUT2D eigenvalue weighted by molar-refractivity contribution is 6.26. The molecule has 0 aromatic heterocycles. The summed E-state index contributed by atoms with van der Waals surface area (Å²) in [5.41, 5.74) is 18.9. The zero-order chi connectivity index (χ0) is 39.0. The van der Waals surface area contributed by atoms with Crippen molar-refractivity contribution in [3.8, 4) is 33.4 Å². The number of hydrogen-bond donors (Lipinski definition) is 0. The van der Waals surface area contributed by atoms with Crippen molar-refractivity contribution in [1.29, 1.82) is 0 Å². The third kappa shape index (κ3) is 4.14. The number of anilines is 3. The van der Waals surface area contributed by atoms with Crippen LogP contribution in [-0.4, -0.2) is 0 Å². The Labute approximate surface area is 344 Å². The first-order chi connectivity index (χ1) is 29.0. The van der Waals surface area contributed by atoms with Gasteiger partial charge in [-0.3, -0.25) is 0 Å². The number of nitrogens with zero attached hydrogens (tertiary/aromatic N) is 1. The predicted octanol–water partition coefficient (Wildman–Crippen LogP) is 15.3. The predicted molar refractivity (Wildman–Crippen MR) is 248 cm³/mol. The average molecular weight is 750 g/mol. The quantitative estimate of drug-likeness (QED) is 0.163. The van der Waals surface area contributed by atoms with Crippen molar-refractivity contribution in [2.75, 3.05) is 4.90 Å². The van der Waals surface area contributed by atoms with Gasteiger partial charge in [-0.1, -0.05) is 172 Å². The molecule has 1 atom stereocenters. The van der Waals surface area contributed by atoms with Gasteiger partial charge in [0.1, 0.15) is 0 Å². The summed E-state index contributed by atoms with van der Waals surface area (Å²) in [5.74, 6) is 0. The lowest BCUT2D eigenvalue weighted by Crippen LogP contribution is -2.26. The van der Waals surface area contributed by atoms with Crippen molar-refractivity contribution in [2.24, 2.45) is 0 Å². The molecule has 0 N–H and O–H groups in total. The van der Waals surface area contributed by atoms with Gasteiger partial charge < -0.3 is 4.90 Å². The minimum atomic E-state index is -0.501. The maximum atomic E-state index is 2.56. The van der Waals surface area contributed by atoms with E-state index in [4.69, 9.17) is 0 Å².